The molecule has 0 bridgehead atoms. The zero-order valence-electron chi connectivity index (χ0n) is 7.64. The smallest absolute Gasteiger partial charge is 0.150 e. The van der Waals surface area contributed by atoms with Crippen LogP contribution in [-0.2, 0) is 11.0 Å². The third-order valence-corrected chi connectivity index (χ3v) is 2.97. The van der Waals surface area contributed by atoms with Gasteiger partial charge in [-0.3, -0.25) is 8.77 Å². The van der Waals surface area contributed by atoms with Crippen molar-refractivity contribution in [2.24, 2.45) is 0 Å². The average Bonchev–Trinajstić information content (AvgIpc) is 2.59. The molecule has 2 rings (SSSR count). The van der Waals surface area contributed by atoms with Crippen molar-refractivity contribution in [2.75, 3.05) is 6.26 Å². The highest BCUT2D eigenvalue weighted by molar-refractivity contribution is 7.82. The van der Waals surface area contributed by atoms with Crippen LogP contribution < -0.4 is 0 Å². The Morgan fingerprint density at radius 2 is 2.14 bits per heavy atom. The number of rotatable bonds is 2. The first kappa shape index (κ1) is 9.15. The van der Waals surface area contributed by atoms with Crippen LogP contribution in [0.4, 0.5) is 0 Å². The molecule has 0 fully saturated rings. The zero-order valence-corrected chi connectivity index (χ0v) is 8.45. The first-order valence-corrected chi connectivity index (χ1v) is 5.64. The summed E-state index contributed by atoms with van der Waals surface area (Å²) in [6.45, 7) is 0. The van der Waals surface area contributed by atoms with Gasteiger partial charge >= 0.3 is 0 Å². The van der Waals surface area contributed by atoms with Gasteiger partial charge in [0.15, 0.2) is 0 Å². The van der Waals surface area contributed by atoms with Crippen molar-refractivity contribution < 1.29 is 9.00 Å². The van der Waals surface area contributed by atoms with E-state index in [-0.39, 0.29) is 0 Å². The van der Waals surface area contributed by atoms with Crippen LogP contribution in [0.3, 0.4) is 0 Å². The van der Waals surface area contributed by atoms with Crippen molar-refractivity contribution >= 4 is 28.2 Å². The van der Waals surface area contributed by atoms with E-state index in [4.69, 9.17) is 0 Å². The van der Waals surface area contributed by atoms with E-state index in [1.807, 2.05) is 12.1 Å². The molecule has 4 heteroatoms. The Balaban J connectivity index is 2.75. The molecule has 1 aromatic carbocycles. The van der Waals surface area contributed by atoms with Crippen molar-refractivity contribution in [2.45, 2.75) is 0 Å². The zero-order chi connectivity index (χ0) is 10.1. The Bertz CT molecular complexity index is 516. The van der Waals surface area contributed by atoms with Gasteiger partial charge in [-0.2, -0.15) is 0 Å². The largest absolute Gasteiger partial charge is 0.298 e. The number of aldehydes is 1. The molecule has 0 saturated heterocycles. The number of hydrogen-bond donors (Lipinski definition) is 0. The molecular formula is C10H9NO2S. The summed E-state index contributed by atoms with van der Waals surface area (Å²) in [6.07, 6.45) is 4.15. The van der Waals surface area contributed by atoms with E-state index in [1.54, 1.807) is 28.6 Å². The van der Waals surface area contributed by atoms with Gasteiger partial charge in [-0.15, -0.1) is 0 Å². The van der Waals surface area contributed by atoms with Crippen molar-refractivity contribution in [1.29, 1.82) is 0 Å². The van der Waals surface area contributed by atoms with Crippen molar-refractivity contribution in [1.82, 2.24) is 3.97 Å². The highest BCUT2D eigenvalue weighted by atomic mass is 32.2. The molecule has 1 heterocycles. The van der Waals surface area contributed by atoms with Gasteiger partial charge in [-0.25, -0.2) is 4.21 Å². The van der Waals surface area contributed by atoms with Crippen LogP contribution in [0.15, 0.2) is 30.5 Å². The fourth-order valence-electron chi connectivity index (χ4n) is 1.42. The van der Waals surface area contributed by atoms with Crippen LogP contribution in [0.2, 0.25) is 0 Å². The quantitative estimate of drug-likeness (QED) is 0.701. The van der Waals surface area contributed by atoms with Crippen molar-refractivity contribution in [3.63, 3.8) is 0 Å². The summed E-state index contributed by atoms with van der Waals surface area (Å²) < 4.78 is 12.9. The minimum absolute atomic E-state index is 0.600. The van der Waals surface area contributed by atoms with E-state index >= 15 is 0 Å². The van der Waals surface area contributed by atoms with Crippen molar-refractivity contribution in [3.05, 3.63) is 36.0 Å². The van der Waals surface area contributed by atoms with E-state index in [9.17, 15) is 9.00 Å². The predicted octanol–water partition coefficient (Wildman–Crippen LogP) is 1.60. The number of carbonyl (C=O) groups is 1. The van der Waals surface area contributed by atoms with E-state index in [2.05, 4.69) is 0 Å². The molecular weight excluding hydrogens is 198 g/mol. The molecule has 1 atom stereocenters. The van der Waals surface area contributed by atoms with Gasteiger partial charge in [0, 0.05) is 23.4 Å². The lowest BCUT2D eigenvalue weighted by Crippen LogP contribution is -1.99. The van der Waals surface area contributed by atoms with Gasteiger partial charge in [0.25, 0.3) is 0 Å². The molecule has 0 aliphatic rings. The molecule has 3 nitrogen and oxygen atoms in total. The molecule has 1 aromatic heterocycles. The molecule has 0 spiro atoms. The lowest BCUT2D eigenvalue weighted by atomic mass is 10.2. The van der Waals surface area contributed by atoms with E-state index in [0.717, 1.165) is 17.2 Å². The summed E-state index contributed by atoms with van der Waals surface area (Å²) in [6, 6.07) is 7.22. The Kier molecular flexibility index (Phi) is 2.21. The summed E-state index contributed by atoms with van der Waals surface area (Å²) in [5, 5.41) is 0.991. The average molecular weight is 207 g/mol. The summed E-state index contributed by atoms with van der Waals surface area (Å²) in [4.78, 5) is 10.6. The summed E-state index contributed by atoms with van der Waals surface area (Å²) in [5.74, 6) is 0. The van der Waals surface area contributed by atoms with Gasteiger partial charge in [0.05, 0.1) is 5.52 Å². The number of carbonyl (C=O) groups excluding carboxylic acids is 1. The second-order valence-electron chi connectivity index (χ2n) is 3.00. The maximum Gasteiger partial charge on any atom is 0.150 e. The summed E-state index contributed by atoms with van der Waals surface area (Å²) in [7, 11) is -1.08. The standard InChI is InChI=1S/C10H9NO2S/c1-14(13)11-5-4-9-3-2-8(7-12)6-10(9)11/h2-7H,1H3. The van der Waals surface area contributed by atoms with Gasteiger partial charge < -0.3 is 0 Å². The Morgan fingerprint density at radius 1 is 1.36 bits per heavy atom. The van der Waals surface area contributed by atoms with E-state index in [0.29, 0.717) is 5.56 Å². The van der Waals surface area contributed by atoms with Crippen molar-refractivity contribution in [3.8, 4) is 0 Å². The fourth-order valence-corrected chi connectivity index (χ4v) is 2.09. The van der Waals surface area contributed by atoms with Crippen LogP contribution in [-0.4, -0.2) is 20.7 Å². The molecule has 0 saturated carbocycles. The number of benzene rings is 1. The maximum atomic E-state index is 11.3. The molecule has 1 unspecified atom stereocenters. The highest BCUT2D eigenvalue weighted by Crippen LogP contribution is 2.17. The van der Waals surface area contributed by atoms with Gasteiger partial charge in [-0.1, -0.05) is 12.1 Å². The number of nitrogens with zero attached hydrogens (tertiary/aromatic N) is 1. The lowest BCUT2D eigenvalue weighted by molar-refractivity contribution is 0.112. The Hall–Kier alpha value is -1.42. The molecule has 0 N–H and O–H groups in total. The second-order valence-corrected chi connectivity index (χ2v) is 4.24. The minimum Gasteiger partial charge on any atom is -0.298 e. The first-order valence-electron chi connectivity index (χ1n) is 4.12. The highest BCUT2D eigenvalue weighted by Gasteiger charge is 2.03. The molecule has 72 valence electrons. The van der Waals surface area contributed by atoms with Crippen LogP contribution >= 0.6 is 0 Å². The molecule has 0 amide bonds. The fraction of sp³-hybridized carbons (Fsp3) is 0.100. The van der Waals surface area contributed by atoms with Crippen LogP contribution in [0.1, 0.15) is 10.4 Å². The third kappa shape index (κ3) is 1.37. The van der Waals surface area contributed by atoms with Crippen LogP contribution in [0, 0.1) is 0 Å². The van der Waals surface area contributed by atoms with Crippen LogP contribution in [0.25, 0.3) is 10.9 Å². The number of fused-ring (bicyclic) bond motifs is 1. The lowest BCUT2D eigenvalue weighted by Gasteiger charge is -1.99. The normalized spacial score (nSPS) is 12.9. The van der Waals surface area contributed by atoms with Crippen LogP contribution in [0.5, 0.6) is 0 Å². The Morgan fingerprint density at radius 3 is 2.79 bits per heavy atom. The monoisotopic (exact) mass is 207 g/mol. The number of aromatic nitrogens is 1. The van der Waals surface area contributed by atoms with Gasteiger partial charge in [-0.05, 0) is 12.1 Å². The SMILES string of the molecule is CS(=O)n1ccc2ccc(C=O)cc21. The van der Waals surface area contributed by atoms with Gasteiger partial charge in [0.2, 0.25) is 0 Å². The molecule has 0 aliphatic carbocycles. The first-order chi connectivity index (χ1) is 6.72. The molecule has 2 aromatic rings. The van der Waals surface area contributed by atoms with E-state index < -0.39 is 11.0 Å². The second kappa shape index (κ2) is 3.38. The molecule has 0 aliphatic heterocycles. The third-order valence-electron chi connectivity index (χ3n) is 2.09. The van der Waals surface area contributed by atoms with E-state index in [1.165, 1.54) is 0 Å². The minimum atomic E-state index is -1.08. The topological polar surface area (TPSA) is 39.1 Å². The van der Waals surface area contributed by atoms with Gasteiger partial charge in [0.1, 0.15) is 17.3 Å². The molecule has 14 heavy (non-hydrogen) atoms. The number of hydrogen-bond acceptors (Lipinski definition) is 2. The Labute approximate surface area is 83.9 Å². The predicted molar refractivity (Wildman–Crippen MR) is 56.8 cm³/mol. The molecule has 0 radical (unpaired) electrons. The summed E-state index contributed by atoms with van der Waals surface area (Å²) >= 11 is 0. The maximum absolute atomic E-state index is 11.3. The summed E-state index contributed by atoms with van der Waals surface area (Å²) in [5.41, 5.74) is 1.43.